The van der Waals surface area contributed by atoms with E-state index in [9.17, 15) is 18.0 Å². The van der Waals surface area contributed by atoms with E-state index in [4.69, 9.17) is 4.74 Å². The van der Waals surface area contributed by atoms with Crippen molar-refractivity contribution in [3.8, 4) is 5.75 Å². The van der Waals surface area contributed by atoms with Gasteiger partial charge in [-0.2, -0.15) is 13.2 Å². The van der Waals surface area contributed by atoms with E-state index in [0.29, 0.717) is 0 Å². The largest absolute Gasteiger partial charge is 0.528 e. The Balaban J connectivity index is 2.00. The van der Waals surface area contributed by atoms with Crippen molar-refractivity contribution in [3.63, 3.8) is 0 Å². The van der Waals surface area contributed by atoms with E-state index in [2.05, 4.69) is 6.58 Å². The molecule has 0 aliphatic carbocycles. The Bertz CT molecular complexity index is 664. The van der Waals surface area contributed by atoms with Gasteiger partial charge in [-0.1, -0.05) is 36.5 Å². The van der Waals surface area contributed by atoms with Crippen molar-refractivity contribution in [1.29, 1.82) is 0 Å². The van der Waals surface area contributed by atoms with Crippen LogP contribution in [0.15, 0.2) is 76.5 Å². The Morgan fingerprint density at radius 3 is 2.05 bits per heavy atom. The Hall–Kier alpha value is -2.21. The number of hydrogen-bond donors (Lipinski definition) is 0. The first-order valence-electron chi connectivity index (χ1n) is 6.19. The van der Waals surface area contributed by atoms with Gasteiger partial charge in [0.15, 0.2) is 5.57 Å². The summed E-state index contributed by atoms with van der Waals surface area (Å²) in [6, 6.07) is 16.0. The smallest absolute Gasteiger partial charge is 0.335 e. The zero-order valence-corrected chi connectivity index (χ0v) is 12.1. The average molecular weight is 325 g/mol. The van der Waals surface area contributed by atoms with Crippen molar-refractivity contribution in [2.45, 2.75) is 16.0 Å². The van der Waals surface area contributed by atoms with Crippen molar-refractivity contribution < 1.29 is 22.7 Å². The lowest BCUT2D eigenvalue weighted by molar-refractivity contribution is -0.0874. The van der Waals surface area contributed by atoms with Crippen LogP contribution >= 0.6 is 11.8 Å². The molecule has 2 aromatic rings. The van der Waals surface area contributed by atoms with Crippen LogP contribution in [0, 0.1) is 0 Å². The molecule has 0 aliphatic rings. The molecule has 0 radical (unpaired) electrons. The predicted molar refractivity (Wildman–Crippen MR) is 79.8 cm³/mol. The lowest BCUT2D eigenvalue weighted by Gasteiger charge is -2.04. The van der Waals surface area contributed by atoms with Gasteiger partial charge in [0.1, 0.15) is 0 Å². The van der Waals surface area contributed by atoms with Gasteiger partial charge in [-0.15, -0.1) is 0 Å². The highest BCUT2D eigenvalue weighted by atomic mass is 32.2. The van der Waals surface area contributed by atoms with Gasteiger partial charge in [-0.05, 0) is 24.3 Å². The van der Waals surface area contributed by atoms with Gasteiger partial charge < -0.3 is 4.79 Å². The molecule has 0 aliphatic heterocycles. The van der Waals surface area contributed by atoms with Crippen molar-refractivity contribution in [2.75, 3.05) is 0 Å². The molecular weight excluding hydrogens is 313 g/mol. The third-order valence-corrected chi connectivity index (χ3v) is 3.63. The van der Waals surface area contributed by atoms with Crippen molar-refractivity contribution >= 4 is 17.7 Å². The lowest BCUT2D eigenvalue weighted by atomic mass is 10.3. The molecule has 2 rings (SSSR count). The van der Waals surface area contributed by atoms with Crippen LogP contribution in [0.1, 0.15) is 0 Å². The molecule has 0 saturated heterocycles. The summed E-state index contributed by atoms with van der Waals surface area (Å²) in [5.41, 5.74) is -1.42. The Kier molecular flexibility index (Phi) is 4.92. The number of carbonyl (C=O) groups excluding carboxylic acids is 1. The van der Waals surface area contributed by atoms with E-state index in [-0.39, 0.29) is 5.75 Å². The van der Waals surface area contributed by atoms with Crippen molar-refractivity contribution in [1.82, 2.24) is 0 Å². The monoisotopic (exact) mass is 325 g/mol. The minimum Gasteiger partial charge on any atom is -0.335 e. The molecule has 0 saturated carbocycles. The van der Waals surface area contributed by atoms with Gasteiger partial charge in [-0.3, -0.25) is 4.74 Å². The third kappa shape index (κ3) is 4.39. The van der Waals surface area contributed by atoms with Crippen molar-refractivity contribution in [3.05, 3.63) is 66.7 Å². The number of ether oxygens (including phenoxy) is 1. The molecule has 0 fully saturated rings. The van der Waals surface area contributed by atoms with Crippen LogP contribution in [0.3, 0.4) is 0 Å². The number of benzene rings is 2. The van der Waals surface area contributed by atoms with Crippen LogP contribution in [0.4, 0.5) is 13.2 Å². The van der Waals surface area contributed by atoms with Gasteiger partial charge >= 0.3 is 12.1 Å². The van der Waals surface area contributed by atoms with E-state index >= 15 is 0 Å². The van der Waals surface area contributed by atoms with Crippen LogP contribution < -0.4 is 4.74 Å². The van der Waals surface area contributed by atoms with E-state index in [1.54, 1.807) is 12.1 Å². The molecule has 0 bridgehead atoms. The fourth-order valence-corrected chi connectivity index (χ4v) is 2.33. The number of hydrogen-bond acceptors (Lipinski definition) is 2. The number of rotatable bonds is 4. The second-order valence-electron chi connectivity index (χ2n) is 4.27. The molecule has 2 nitrogen and oxygen atoms in total. The molecule has 0 amide bonds. The molecule has 0 unspecified atom stereocenters. The zero-order valence-electron chi connectivity index (χ0n) is 11.3. The van der Waals surface area contributed by atoms with Crippen molar-refractivity contribution in [2.24, 2.45) is 0 Å². The summed E-state index contributed by atoms with van der Waals surface area (Å²) in [5.74, 6) is -1.16. The van der Waals surface area contributed by atoms with Crippen LogP contribution in [0.25, 0.3) is 0 Å². The topological polar surface area (TPSA) is 30.6 Å². The quantitative estimate of drug-likeness (QED) is 0.349. The van der Waals surface area contributed by atoms with E-state index < -0.39 is 17.7 Å². The predicted octanol–water partition coefficient (Wildman–Crippen LogP) is 4.84. The molecule has 22 heavy (non-hydrogen) atoms. The Morgan fingerprint density at radius 2 is 1.50 bits per heavy atom. The molecule has 6 heteroatoms. The fraction of sp³-hybridized carbons (Fsp3) is 0.0625. The maximum Gasteiger partial charge on any atom is 0.528 e. The summed E-state index contributed by atoms with van der Waals surface area (Å²) in [6.07, 6.45) is -4.73. The maximum absolute atomic E-state index is 12.3. The average Bonchev–Trinajstić information content (AvgIpc) is 2.48. The normalized spacial score (nSPS) is 11.0. The van der Waals surface area contributed by atoms with Crippen LogP contribution in [-0.4, -0.2) is 16.9 Å². The van der Waals surface area contributed by atoms with Gasteiger partial charge in [-0.25, -0.2) is 0 Å². The minimum absolute atomic E-state index is 0.0975. The highest BCUT2D eigenvalue weighted by molar-refractivity contribution is 7.99. The Labute approximate surface area is 129 Å². The summed E-state index contributed by atoms with van der Waals surface area (Å²) < 4.78 is 41.8. The lowest BCUT2D eigenvalue weighted by Crippen LogP contribution is -2.23. The first-order valence-corrected chi connectivity index (χ1v) is 7.01. The first-order chi connectivity index (χ1) is 10.4. The number of alkyl halides is 3. The fourth-order valence-electron chi connectivity index (χ4n) is 1.49. The molecule has 0 spiro atoms. The summed E-state index contributed by atoms with van der Waals surface area (Å²) in [7, 11) is 0. The minimum atomic E-state index is -4.73. The second kappa shape index (κ2) is 6.70. The molecule has 1 N–H and O–H groups in total. The second-order valence-corrected chi connectivity index (χ2v) is 5.42. The van der Waals surface area contributed by atoms with Crippen LogP contribution in [0.2, 0.25) is 0 Å². The molecule has 0 heterocycles. The van der Waals surface area contributed by atoms with E-state index in [1.807, 2.05) is 30.3 Å². The summed E-state index contributed by atoms with van der Waals surface area (Å²) in [4.78, 5) is 11.2. The molecule has 2 aromatic carbocycles. The number of esters is 1. The van der Waals surface area contributed by atoms with Gasteiger partial charge in [0.2, 0.25) is 5.75 Å². The van der Waals surface area contributed by atoms with Crippen LogP contribution in [-0.2, 0) is 0 Å². The maximum atomic E-state index is 12.3. The van der Waals surface area contributed by atoms with E-state index in [0.717, 1.165) is 9.79 Å². The Morgan fingerprint density at radius 1 is 0.955 bits per heavy atom. The molecule has 0 aromatic heterocycles. The van der Waals surface area contributed by atoms with Crippen LogP contribution in [0.5, 0.6) is 5.75 Å². The summed E-state index contributed by atoms with van der Waals surface area (Å²) in [5, 5.41) is 0. The van der Waals surface area contributed by atoms with Gasteiger partial charge in [0, 0.05) is 21.9 Å². The van der Waals surface area contributed by atoms with Gasteiger partial charge in [0.05, 0.1) is 0 Å². The number of halogens is 3. The molecular formula is C16H12F3O2S+. The van der Waals surface area contributed by atoms with Gasteiger partial charge in [0.25, 0.3) is 0 Å². The summed E-state index contributed by atoms with van der Waals surface area (Å²) in [6.45, 7) is 2.75. The highest BCUT2D eigenvalue weighted by Crippen LogP contribution is 2.29. The SMILES string of the molecule is C=C(C(=[OH+])Oc1ccc(Sc2ccccc2)cc1)C(F)(F)F. The van der Waals surface area contributed by atoms with E-state index in [1.165, 1.54) is 23.9 Å². The molecule has 114 valence electrons. The highest BCUT2D eigenvalue weighted by Gasteiger charge is 2.43. The third-order valence-electron chi connectivity index (χ3n) is 2.62. The first kappa shape index (κ1) is 16.2. The summed E-state index contributed by atoms with van der Waals surface area (Å²) >= 11 is 1.50. The molecule has 0 atom stereocenters. The standard InChI is InChI=1S/C16H11F3O2S/c1-11(16(17,18)19)15(20)21-12-7-9-14(10-8-12)22-13-5-3-2-4-6-13/h2-10H,1H2/p+1. The zero-order chi connectivity index (χ0) is 16.2.